The molecule has 0 aromatic heterocycles. The lowest BCUT2D eigenvalue weighted by atomic mass is 10.1. The van der Waals surface area contributed by atoms with Crippen molar-refractivity contribution in [3.05, 3.63) is 29.1 Å². The van der Waals surface area contributed by atoms with E-state index in [9.17, 15) is 27.2 Å². The molecule has 116 valence electrons. The molecule has 0 aliphatic carbocycles. The van der Waals surface area contributed by atoms with Crippen molar-refractivity contribution in [1.82, 2.24) is 5.32 Å². The lowest BCUT2D eigenvalue weighted by molar-refractivity contribution is -0.123. The molecule has 0 unspecified atom stereocenters. The van der Waals surface area contributed by atoms with E-state index in [1.54, 1.807) is 12.2 Å². The maximum Gasteiger partial charge on any atom is 0.405 e. The van der Waals surface area contributed by atoms with Crippen LogP contribution in [0.3, 0.4) is 0 Å². The van der Waals surface area contributed by atoms with E-state index in [0.717, 1.165) is 12.1 Å². The largest absolute Gasteiger partial charge is 0.405 e. The summed E-state index contributed by atoms with van der Waals surface area (Å²) in [6.45, 7) is 1.46. The Hall–Kier alpha value is -2.12. The molecule has 4 nitrogen and oxygen atoms in total. The zero-order valence-electron chi connectivity index (χ0n) is 11.4. The van der Waals surface area contributed by atoms with Crippen molar-refractivity contribution in [3.8, 4) is 0 Å². The molecule has 8 heteroatoms. The third kappa shape index (κ3) is 5.05. The number of anilines is 1. The molecule has 0 spiro atoms. The van der Waals surface area contributed by atoms with Crippen LogP contribution in [0.2, 0.25) is 0 Å². The molecular weight excluding hydrogens is 292 g/mol. The highest BCUT2D eigenvalue weighted by Gasteiger charge is 2.28. The minimum absolute atomic E-state index is 0.0546. The minimum atomic E-state index is -4.56. The van der Waals surface area contributed by atoms with Gasteiger partial charge in [-0.15, -0.1) is 0 Å². The van der Waals surface area contributed by atoms with E-state index in [2.05, 4.69) is 5.32 Å². The third-order valence-electron chi connectivity index (χ3n) is 2.65. The fourth-order valence-electron chi connectivity index (χ4n) is 1.46. The van der Waals surface area contributed by atoms with Crippen molar-refractivity contribution in [2.24, 2.45) is 0 Å². The SMILES string of the molecule is CCC(=O)Nc1cc(C(=O)NCC(F)(F)F)cc(F)c1C. The Balaban J connectivity index is 2.98. The Bertz CT molecular complexity index is 556. The molecule has 1 rings (SSSR count). The number of carbonyl (C=O) groups excluding carboxylic acids is 2. The average molecular weight is 306 g/mol. The molecule has 0 radical (unpaired) electrons. The van der Waals surface area contributed by atoms with Gasteiger partial charge in [-0.2, -0.15) is 13.2 Å². The summed E-state index contributed by atoms with van der Waals surface area (Å²) in [4.78, 5) is 22.9. The summed E-state index contributed by atoms with van der Waals surface area (Å²) >= 11 is 0. The predicted octanol–water partition coefficient (Wildman–Crippen LogP) is 2.77. The van der Waals surface area contributed by atoms with Crippen LogP contribution in [-0.4, -0.2) is 24.5 Å². The van der Waals surface area contributed by atoms with E-state index in [0.29, 0.717) is 0 Å². The Morgan fingerprint density at radius 2 is 1.86 bits per heavy atom. The first-order valence-electron chi connectivity index (χ1n) is 6.09. The van der Waals surface area contributed by atoms with Crippen LogP contribution in [0.25, 0.3) is 0 Å². The lowest BCUT2D eigenvalue weighted by Crippen LogP contribution is -2.33. The van der Waals surface area contributed by atoms with Crippen molar-refractivity contribution in [1.29, 1.82) is 0 Å². The van der Waals surface area contributed by atoms with E-state index in [4.69, 9.17) is 0 Å². The van der Waals surface area contributed by atoms with Gasteiger partial charge in [0.2, 0.25) is 5.91 Å². The molecular formula is C13H14F4N2O2. The third-order valence-corrected chi connectivity index (χ3v) is 2.65. The van der Waals surface area contributed by atoms with Gasteiger partial charge in [-0.1, -0.05) is 6.92 Å². The topological polar surface area (TPSA) is 58.2 Å². The maximum atomic E-state index is 13.7. The van der Waals surface area contributed by atoms with Crippen molar-refractivity contribution in [3.63, 3.8) is 0 Å². The zero-order valence-corrected chi connectivity index (χ0v) is 11.4. The fourth-order valence-corrected chi connectivity index (χ4v) is 1.46. The molecule has 0 fully saturated rings. The Morgan fingerprint density at radius 3 is 2.38 bits per heavy atom. The molecule has 1 aromatic rings. The minimum Gasteiger partial charge on any atom is -0.343 e. The van der Waals surface area contributed by atoms with E-state index in [1.807, 2.05) is 0 Å². The molecule has 21 heavy (non-hydrogen) atoms. The summed E-state index contributed by atoms with van der Waals surface area (Å²) in [5.74, 6) is -2.26. The van der Waals surface area contributed by atoms with Crippen LogP contribution in [0.1, 0.15) is 29.3 Å². The number of hydrogen-bond donors (Lipinski definition) is 2. The van der Waals surface area contributed by atoms with Gasteiger partial charge in [0.1, 0.15) is 12.4 Å². The Kier molecular flexibility index (Phi) is 5.28. The van der Waals surface area contributed by atoms with Crippen LogP contribution in [0.4, 0.5) is 23.2 Å². The number of amides is 2. The van der Waals surface area contributed by atoms with Gasteiger partial charge in [-0.05, 0) is 19.1 Å². The van der Waals surface area contributed by atoms with Crippen LogP contribution >= 0.6 is 0 Å². The normalized spacial score (nSPS) is 11.1. The van der Waals surface area contributed by atoms with Gasteiger partial charge in [0, 0.05) is 23.2 Å². The van der Waals surface area contributed by atoms with E-state index >= 15 is 0 Å². The summed E-state index contributed by atoms with van der Waals surface area (Å²) in [6, 6.07) is 1.96. The highest BCUT2D eigenvalue weighted by molar-refractivity contribution is 5.97. The first-order valence-corrected chi connectivity index (χ1v) is 6.09. The second-order valence-corrected chi connectivity index (χ2v) is 4.33. The molecule has 0 aliphatic rings. The van der Waals surface area contributed by atoms with E-state index in [1.165, 1.54) is 6.92 Å². The van der Waals surface area contributed by atoms with Crippen molar-refractivity contribution < 1.29 is 27.2 Å². The predicted molar refractivity (Wildman–Crippen MR) is 68.4 cm³/mol. The highest BCUT2D eigenvalue weighted by Crippen LogP contribution is 2.21. The van der Waals surface area contributed by atoms with Gasteiger partial charge in [-0.25, -0.2) is 4.39 Å². The maximum absolute atomic E-state index is 13.7. The summed E-state index contributed by atoms with van der Waals surface area (Å²) in [5, 5.41) is 4.02. The quantitative estimate of drug-likeness (QED) is 0.840. The molecule has 0 bridgehead atoms. The fraction of sp³-hybridized carbons (Fsp3) is 0.385. The van der Waals surface area contributed by atoms with Crippen molar-refractivity contribution in [2.75, 3.05) is 11.9 Å². The van der Waals surface area contributed by atoms with Gasteiger partial charge >= 0.3 is 6.18 Å². The first-order chi connectivity index (χ1) is 9.64. The molecule has 1 aromatic carbocycles. The molecule has 0 aliphatic heterocycles. The number of halogens is 4. The van der Waals surface area contributed by atoms with Crippen molar-refractivity contribution in [2.45, 2.75) is 26.4 Å². The van der Waals surface area contributed by atoms with Gasteiger partial charge < -0.3 is 10.6 Å². The van der Waals surface area contributed by atoms with Gasteiger partial charge in [-0.3, -0.25) is 9.59 Å². The monoisotopic (exact) mass is 306 g/mol. The zero-order chi connectivity index (χ0) is 16.2. The number of rotatable bonds is 4. The average Bonchev–Trinajstić information content (AvgIpc) is 2.39. The number of nitrogens with one attached hydrogen (secondary N) is 2. The van der Waals surface area contributed by atoms with Crippen LogP contribution in [0, 0.1) is 12.7 Å². The number of carbonyl (C=O) groups is 2. The summed E-state index contributed by atoms with van der Waals surface area (Å²) in [5.41, 5.74) is -0.142. The smallest absolute Gasteiger partial charge is 0.343 e. The number of benzene rings is 1. The molecule has 2 amide bonds. The lowest BCUT2D eigenvalue weighted by Gasteiger charge is -2.12. The van der Waals surface area contributed by atoms with Gasteiger partial charge in [0.05, 0.1) is 0 Å². The highest BCUT2D eigenvalue weighted by atomic mass is 19.4. The molecule has 0 atom stereocenters. The van der Waals surface area contributed by atoms with Crippen LogP contribution in [0.15, 0.2) is 12.1 Å². The Morgan fingerprint density at radius 1 is 1.24 bits per heavy atom. The summed E-state index contributed by atoms with van der Waals surface area (Å²) < 4.78 is 49.8. The Labute approximate surface area is 118 Å². The second-order valence-electron chi connectivity index (χ2n) is 4.33. The second kappa shape index (κ2) is 6.55. The molecule has 0 saturated heterocycles. The van der Waals surface area contributed by atoms with Gasteiger partial charge in [0.15, 0.2) is 0 Å². The molecule has 0 heterocycles. The van der Waals surface area contributed by atoms with Gasteiger partial charge in [0.25, 0.3) is 5.91 Å². The van der Waals surface area contributed by atoms with Crippen LogP contribution < -0.4 is 10.6 Å². The van der Waals surface area contributed by atoms with Crippen LogP contribution in [-0.2, 0) is 4.79 Å². The van der Waals surface area contributed by atoms with Crippen LogP contribution in [0.5, 0.6) is 0 Å². The number of hydrogen-bond acceptors (Lipinski definition) is 2. The first kappa shape index (κ1) is 16.9. The molecule has 0 saturated carbocycles. The molecule has 2 N–H and O–H groups in total. The number of alkyl halides is 3. The van der Waals surface area contributed by atoms with Crippen molar-refractivity contribution >= 4 is 17.5 Å². The van der Waals surface area contributed by atoms with E-state index in [-0.39, 0.29) is 23.2 Å². The standard InChI is InChI=1S/C13H14F4N2O2/c1-3-11(20)19-10-5-8(4-9(14)7(10)2)12(21)18-6-13(15,16)17/h4-5H,3,6H2,1-2H3,(H,18,21)(H,19,20). The summed E-state index contributed by atoms with van der Waals surface area (Å²) in [6.07, 6.45) is -4.41. The van der Waals surface area contributed by atoms with E-state index < -0.39 is 30.4 Å². The summed E-state index contributed by atoms with van der Waals surface area (Å²) in [7, 11) is 0.